The van der Waals surface area contributed by atoms with Gasteiger partial charge < -0.3 is 8.98 Å². The molecule has 5 heteroatoms. The number of hydrogen-bond acceptors (Lipinski definition) is 4. The maximum absolute atomic E-state index is 6.61. The molecule has 0 spiro atoms. The van der Waals surface area contributed by atoms with Crippen LogP contribution in [0.1, 0.15) is 0 Å². The van der Waals surface area contributed by atoms with Crippen molar-refractivity contribution in [2.75, 3.05) is 0 Å². The Morgan fingerprint density at radius 1 is 0.352 bits per heavy atom. The molecular formula is C49H28N4O. The molecule has 0 saturated heterocycles. The first-order valence-corrected chi connectivity index (χ1v) is 18.2. The van der Waals surface area contributed by atoms with E-state index in [2.05, 4.69) is 102 Å². The fourth-order valence-corrected chi connectivity index (χ4v) is 8.58. The van der Waals surface area contributed by atoms with E-state index in [0.717, 1.165) is 44.3 Å². The zero-order chi connectivity index (χ0) is 35.3. The molecule has 54 heavy (non-hydrogen) atoms. The molecule has 3 heterocycles. The van der Waals surface area contributed by atoms with Crippen molar-refractivity contribution in [3.8, 4) is 39.9 Å². The van der Waals surface area contributed by atoms with Gasteiger partial charge in [0.05, 0.1) is 11.0 Å². The van der Waals surface area contributed by atoms with Crippen LogP contribution in [-0.2, 0) is 0 Å². The summed E-state index contributed by atoms with van der Waals surface area (Å²) in [5.74, 6) is 1.89. The summed E-state index contributed by atoms with van der Waals surface area (Å²) in [5, 5.41) is 12.3. The second-order valence-corrected chi connectivity index (χ2v) is 14.0. The molecule has 0 aliphatic carbocycles. The molecule has 3 aromatic heterocycles. The van der Waals surface area contributed by atoms with Crippen LogP contribution in [0.4, 0.5) is 0 Å². The largest absolute Gasteiger partial charge is 0.456 e. The number of furan rings is 1. The topological polar surface area (TPSA) is 56.7 Å². The minimum atomic E-state index is 0.617. The number of fused-ring (bicyclic) bond motifs is 8. The number of nitrogens with zero attached hydrogens (tertiary/aromatic N) is 4. The molecule has 0 radical (unpaired) electrons. The molecule has 0 saturated carbocycles. The molecule has 12 rings (SSSR count). The fourth-order valence-electron chi connectivity index (χ4n) is 8.58. The van der Waals surface area contributed by atoms with Gasteiger partial charge in [-0.15, -0.1) is 0 Å². The van der Waals surface area contributed by atoms with Crippen molar-refractivity contribution in [3.05, 3.63) is 170 Å². The first-order chi connectivity index (χ1) is 26.8. The molecular weight excluding hydrogens is 661 g/mol. The molecule has 0 unspecified atom stereocenters. The molecule has 0 aliphatic rings. The molecule has 5 nitrogen and oxygen atoms in total. The highest BCUT2D eigenvalue weighted by molar-refractivity contribution is 6.39. The molecule has 9 aromatic carbocycles. The first-order valence-electron chi connectivity index (χ1n) is 18.2. The summed E-state index contributed by atoms with van der Waals surface area (Å²) in [7, 11) is 0. The Hall–Kier alpha value is -7.37. The van der Waals surface area contributed by atoms with Gasteiger partial charge >= 0.3 is 0 Å². The third-order valence-electron chi connectivity index (χ3n) is 11.0. The molecule has 0 aliphatic heterocycles. The zero-order valence-corrected chi connectivity index (χ0v) is 28.9. The third-order valence-corrected chi connectivity index (χ3v) is 11.0. The van der Waals surface area contributed by atoms with Gasteiger partial charge in [-0.25, -0.2) is 15.0 Å². The van der Waals surface area contributed by atoms with E-state index < -0.39 is 0 Å². The third kappa shape index (κ3) is 4.18. The number of aromatic nitrogens is 4. The van der Waals surface area contributed by atoms with Crippen LogP contribution >= 0.6 is 0 Å². The van der Waals surface area contributed by atoms with E-state index in [4.69, 9.17) is 19.4 Å². The van der Waals surface area contributed by atoms with E-state index in [1.807, 2.05) is 72.8 Å². The van der Waals surface area contributed by atoms with Gasteiger partial charge in [0.2, 0.25) is 0 Å². The van der Waals surface area contributed by atoms with Gasteiger partial charge in [-0.3, -0.25) is 0 Å². The normalized spacial score (nSPS) is 12.1. The van der Waals surface area contributed by atoms with Crippen LogP contribution in [0.5, 0.6) is 0 Å². The lowest BCUT2D eigenvalue weighted by atomic mass is 9.91. The predicted molar refractivity (Wildman–Crippen MR) is 221 cm³/mol. The van der Waals surface area contributed by atoms with Gasteiger partial charge in [-0.05, 0) is 69.4 Å². The highest BCUT2D eigenvalue weighted by Gasteiger charge is 2.22. The standard InChI is InChI=1S/C49H28N4O/c1-3-12-29(13-4-1)47-50-48(30-14-5-2-6-15-30)52-49(51-47)32-22-25-42-39(26-32)36-24-23-33(28-43(36)54-42)53-40-21-11-20-38-35-18-9-10-19-37(35)44-34-17-8-7-16-31(34)27-41(53)46(44)45(38)40/h1-28H. The zero-order valence-electron chi connectivity index (χ0n) is 28.9. The lowest BCUT2D eigenvalue weighted by Gasteiger charge is -2.11. The average Bonchev–Trinajstić information content (AvgIpc) is 3.78. The average molecular weight is 689 g/mol. The van der Waals surface area contributed by atoms with E-state index in [-0.39, 0.29) is 0 Å². The summed E-state index contributed by atoms with van der Waals surface area (Å²) in [6.45, 7) is 0. The van der Waals surface area contributed by atoms with Crippen molar-refractivity contribution in [2.24, 2.45) is 0 Å². The number of hydrogen-bond donors (Lipinski definition) is 0. The minimum Gasteiger partial charge on any atom is -0.456 e. The smallest absolute Gasteiger partial charge is 0.164 e. The Morgan fingerprint density at radius 3 is 1.74 bits per heavy atom. The Morgan fingerprint density at radius 2 is 0.981 bits per heavy atom. The quantitative estimate of drug-likeness (QED) is 0.173. The number of benzene rings is 9. The predicted octanol–water partition coefficient (Wildman–Crippen LogP) is 12.8. The molecule has 0 fully saturated rings. The van der Waals surface area contributed by atoms with Crippen LogP contribution in [0, 0.1) is 0 Å². The maximum atomic E-state index is 6.61. The molecule has 0 N–H and O–H groups in total. The van der Waals surface area contributed by atoms with Crippen molar-refractivity contribution in [3.63, 3.8) is 0 Å². The monoisotopic (exact) mass is 688 g/mol. The van der Waals surface area contributed by atoms with Crippen LogP contribution in [0.3, 0.4) is 0 Å². The van der Waals surface area contributed by atoms with Crippen LogP contribution in [-0.4, -0.2) is 19.5 Å². The second-order valence-electron chi connectivity index (χ2n) is 14.0. The van der Waals surface area contributed by atoms with Gasteiger partial charge in [0.15, 0.2) is 17.5 Å². The Balaban J connectivity index is 1.06. The van der Waals surface area contributed by atoms with Gasteiger partial charge in [0, 0.05) is 55.4 Å². The summed E-state index contributed by atoms with van der Waals surface area (Å²) in [4.78, 5) is 14.8. The van der Waals surface area contributed by atoms with Crippen LogP contribution < -0.4 is 0 Å². The molecule has 250 valence electrons. The van der Waals surface area contributed by atoms with Crippen molar-refractivity contribution in [1.29, 1.82) is 0 Å². The maximum Gasteiger partial charge on any atom is 0.164 e. The van der Waals surface area contributed by atoms with Gasteiger partial charge in [0.25, 0.3) is 0 Å². The molecule has 12 aromatic rings. The van der Waals surface area contributed by atoms with Crippen molar-refractivity contribution >= 4 is 76.1 Å². The summed E-state index contributed by atoms with van der Waals surface area (Å²) in [5.41, 5.74) is 7.87. The highest BCUT2D eigenvalue weighted by Crippen LogP contribution is 2.47. The fraction of sp³-hybridized carbons (Fsp3) is 0. The van der Waals surface area contributed by atoms with Gasteiger partial charge in [-0.2, -0.15) is 0 Å². The Labute approximate surface area is 308 Å². The molecule has 0 atom stereocenters. The van der Waals surface area contributed by atoms with E-state index in [1.165, 1.54) is 54.1 Å². The Kier molecular flexibility index (Phi) is 5.99. The second kappa shape index (κ2) is 11.1. The first kappa shape index (κ1) is 29.2. The number of rotatable bonds is 4. The summed E-state index contributed by atoms with van der Waals surface area (Å²) in [6.07, 6.45) is 0. The SMILES string of the molecule is c1ccc(-c2nc(-c3ccccc3)nc(-c3ccc4oc5cc(-n6c7cccc8c9ccccc9c9c%10ccccc%10cc6c9c87)ccc5c4c3)n2)cc1. The van der Waals surface area contributed by atoms with Crippen LogP contribution in [0.15, 0.2) is 174 Å². The highest BCUT2D eigenvalue weighted by atomic mass is 16.3. The van der Waals surface area contributed by atoms with E-state index >= 15 is 0 Å². The van der Waals surface area contributed by atoms with E-state index in [1.54, 1.807) is 0 Å². The molecule has 0 amide bonds. The Bertz CT molecular complexity index is 3370. The van der Waals surface area contributed by atoms with E-state index in [9.17, 15) is 0 Å². The molecule has 0 bridgehead atoms. The van der Waals surface area contributed by atoms with Crippen molar-refractivity contribution < 1.29 is 4.42 Å². The lowest BCUT2D eigenvalue weighted by molar-refractivity contribution is 0.668. The minimum absolute atomic E-state index is 0.617. The van der Waals surface area contributed by atoms with Gasteiger partial charge in [0.1, 0.15) is 11.2 Å². The van der Waals surface area contributed by atoms with Crippen LogP contribution in [0.2, 0.25) is 0 Å². The van der Waals surface area contributed by atoms with Crippen LogP contribution in [0.25, 0.3) is 116 Å². The lowest BCUT2D eigenvalue weighted by Crippen LogP contribution is -2.00. The summed E-state index contributed by atoms with van der Waals surface area (Å²) in [6, 6.07) is 59.6. The van der Waals surface area contributed by atoms with Crippen molar-refractivity contribution in [2.45, 2.75) is 0 Å². The summed E-state index contributed by atoms with van der Waals surface area (Å²) >= 11 is 0. The van der Waals surface area contributed by atoms with E-state index in [0.29, 0.717) is 17.5 Å². The van der Waals surface area contributed by atoms with Crippen molar-refractivity contribution in [1.82, 2.24) is 19.5 Å². The summed E-state index contributed by atoms with van der Waals surface area (Å²) < 4.78 is 9.02. The van der Waals surface area contributed by atoms with Gasteiger partial charge in [-0.1, -0.05) is 121 Å².